The summed E-state index contributed by atoms with van der Waals surface area (Å²) in [7, 11) is 0. The van der Waals surface area contributed by atoms with Gasteiger partial charge in [-0.25, -0.2) is 9.59 Å². The maximum atomic E-state index is 11.2. The Morgan fingerprint density at radius 1 is 0.394 bits per heavy atom. The van der Waals surface area contributed by atoms with E-state index in [0.717, 1.165) is 108 Å². The third-order valence-corrected chi connectivity index (χ3v) is 11.3. The van der Waals surface area contributed by atoms with Crippen molar-refractivity contribution in [1.29, 1.82) is 0 Å². The van der Waals surface area contributed by atoms with Crippen LogP contribution in [0.5, 0.6) is 0 Å². The number of hydrogen-bond donors (Lipinski definition) is 0. The van der Waals surface area contributed by atoms with Gasteiger partial charge in [-0.3, -0.25) is 0 Å². The number of esters is 2. The molecule has 8 heteroatoms. The lowest BCUT2D eigenvalue weighted by atomic mass is 10.0. The van der Waals surface area contributed by atoms with Gasteiger partial charge in [-0.15, -0.1) is 0 Å². The number of hydrogen-bond acceptors (Lipinski definition) is 8. The average molecular weight is 885 g/mol. The van der Waals surface area contributed by atoms with Crippen molar-refractivity contribution >= 4 is 46.1 Å². The highest BCUT2D eigenvalue weighted by molar-refractivity contribution is 5.82. The second-order valence-electron chi connectivity index (χ2n) is 16.4. The monoisotopic (exact) mass is 884 g/mol. The Morgan fingerprint density at radius 2 is 0.667 bits per heavy atom. The van der Waals surface area contributed by atoms with Gasteiger partial charge in [0.2, 0.25) is 0 Å². The summed E-state index contributed by atoms with van der Waals surface area (Å²) in [5, 5.41) is 0. The Kier molecular flexibility index (Phi) is 19.4. The summed E-state index contributed by atoms with van der Waals surface area (Å²) in [6.07, 6.45) is 10.1. The number of carbonyl (C=O) groups is 2. The van der Waals surface area contributed by atoms with Gasteiger partial charge in [-0.1, -0.05) is 110 Å². The van der Waals surface area contributed by atoms with Gasteiger partial charge in [0.05, 0.1) is 26.4 Å². The van der Waals surface area contributed by atoms with Crippen molar-refractivity contribution in [3.8, 4) is 11.1 Å². The molecule has 0 bridgehead atoms. The molecule has 0 N–H and O–H groups in total. The molecule has 0 aliphatic carbocycles. The summed E-state index contributed by atoms with van der Waals surface area (Å²) in [4.78, 5) is 26.9. The molecule has 6 rings (SSSR count). The van der Waals surface area contributed by atoms with Gasteiger partial charge in [-0.05, 0) is 147 Å². The first-order valence-corrected chi connectivity index (χ1v) is 23.2. The highest BCUT2D eigenvalue weighted by Crippen LogP contribution is 2.38. The van der Waals surface area contributed by atoms with Gasteiger partial charge >= 0.3 is 11.9 Å². The van der Waals surface area contributed by atoms with Gasteiger partial charge < -0.3 is 28.7 Å². The van der Waals surface area contributed by atoms with Crippen molar-refractivity contribution in [2.24, 2.45) is 0 Å². The molecule has 0 amide bonds. The minimum Gasteiger partial charge on any atom is -0.463 e. The number of anilines is 6. The molecule has 342 valence electrons. The molecular weight excluding hydrogens is 821 g/mol. The number of carbonyl (C=O) groups excluding carboxylic acids is 2. The third kappa shape index (κ3) is 15.2. The normalized spacial score (nSPS) is 10.9. The predicted molar refractivity (Wildman–Crippen MR) is 269 cm³/mol. The Bertz CT molecular complexity index is 2220. The van der Waals surface area contributed by atoms with Gasteiger partial charge in [0, 0.05) is 59.5 Å². The fraction of sp³-hybridized carbons (Fsp3) is 0.276. The van der Waals surface area contributed by atoms with Crippen LogP contribution in [0.25, 0.3) is 11.1 Å². The first kappa shape index (κ1) is 48.7. The van der Waals surface area contributed by atoms with Crippen LogP contribution in [0.15, 0.2) is 171 Å². The molecule has 0 aliphatic rings. The van der Waals surface area contributed by atoms with E-state index in [9.17, 15) is 9.59 Å². The van der Waals surface area contributed by atoms with E-state index in [-0.39, 0.29) is 11.9 Å². The molecule has 0 saturated heterocycles. The summed E-state index contributed by atoms with van der Waals surface area (Å²) >= 11 is 0. The summed E-state index contributed by atoms with van der Waals surface area (Å²) in [5.41, 5.74) is 13.4. The van der Waals surface area contributed by atoms with E-state index >= 15 is 0 Å². The smallest absolute Gasteiger partial charge is 0.330 e. The molecule has 0 aromatic heterocycles. The molecule has 6 aromatic carbocycles. The van der Waals surface area contributed by atoms with Crippen molar-refractivity contribution in [2.75, 3.05) is 36.2 Å². The van der Waals surface area contributed by atoms with Crippen LogP contribution in [-0.4, -0.2) is 38.4 Å². The molecule has 66 heavy (non-hydrogen) atoms. The summed E-state index contributed by atoms with van der Waals surface area (Å²) < 4.78 is 22.1. The zero-order valence-corrected chi connectivity index (χ0v) is 38.7. The van der Waals surface area contributed by atoms with Crippen LogP contribution in [0.3, 0.4) is 0 Å². The molecular formula is C58H64N2O6. The number of unbranched alkanes of at least 4 members (excludes halogenated alkanes) is 6. The van der Waals surface area contributed by atoms with E-state index in [1.54, 1.807) is 0 Å². The highest BCUT2D eigenvalue weighted by atomic mass is 16.5. The van der Waals surface area contributed by atoms with Gasteiger partial charge in [0.25, 0.3) is 0 Å². The first-order valence-electron chi connectivity index (χ1n) is 23.2. The molecule has 6 aromatic rings. The van der Waals surface area contributed by atoms with Crippen molar-refractivity contribution in [2.45, 2.75) is 78.4 Å². The lowest BCUT2D eigenvalue weighted by molar-refractivity contribution is -0.138. The second-order valence-corrected chi connectivity index (χ2v) is 16.4. The zero-order chi connectivity index (χ0) is 46.4. The number of ether oxygens (including phenoxy) is 4. The SMILES string of the molecule is C=CC(=O)OCCCCCCOCc1ccc(N(c2ccc(C)cc2)c2ccc(-c3ccc(N(c4ccc(C)cc4)c4ccc(COCCCCCCOC(=O)C=C)cc4)cc3)cc2)cc1. The number of aryl methyl sites for hydroxylation is 2. The fourth-order valence-electron chi connectivity index (χ4n) is 7.53. The highest BCUT2D eigenvalue weighted by Gasteiger charge is 2.15. The van der Waals surface area contributed by atoms with Crippen LogP contribution in [0.4, 0.5) is 34.1 Å². The van der Waals surface area contributed by atoms with Gasteiger partial charge in [0.15, 0.2) is 0 Å². The topological polar surface area (TPSA) is 77.5 Å². The Morgan fingerprint density at radius 3 is 0.970 bits per heavy atom. The van der Waals surface area contributed by atoms with Crippen LogP contribution >= 0.6 is 0 Å². The van der Waals surface area contributed by atoms with Crippen molar-refractivity contribution in [3.63, 3.8) is 0 Å². The lowest BCUT2D eigenvalue weighted by Gasteiger charge is -2.26. The van der Waals surface area contributed by atoms with Crippen molar-refractivity contribution < 1.29 is 28.5 Å². The Hall–Kier alpha value is -6.74. The molecule has 0 unspecified atom stereocenters. The minimum atomic E-state index is -0.365. The largest absolute Gasteiger partial charge is 0.463 e. The van der Waals surface area contributed by atoms with Crippen LogP contribution in [-0.2, 0) is 41.8 Å². The number of nitrogens with zero attached hydrogens (tertiary/aromatic N) is 2. The molecule has 0 spiro atoms. The molecule has 0 saturated carbocycles. The molecule has 0 fully saturated rings. The molecule has 0 heterocycles. The van der Waals surface area contributed by atoms with E-state index in [4.69, 9.17) is 18.9 Å². The molecule has 0 aliphatic heterocycles. The average Bonchev–Trinajstić information content (AvgIpc) is 3.35. The fourth-order valence-corrected chi connectivity index (χ4v) is 7.53. The summed E-state index contributed by atoms with van der Waals surface area (Å²) in [5.74, 6) is -0.731. The quantitative estimate of drug-likeness (QED) is 0.0288. The van der Waals surface area contributed by atoms with Gasteiger partial charge in [-0.2, -0.15) is 0 Å². The zero-order valence-electron chi connectivity index (χ0n) is 38.7. The third-order valence-electron chi connectivity index (χ3n) is 11.3. The van der Waals surface area contributed by atoms with E-state index in [0.29, 0.717) is 39.6 Å². The summed E-state index contributed by atoms with van der Waals surface area (Å²) in [6.45, 7) is 14.4. The van der Waals surface area contributed by atoms with Crippen molar-refractivity contribution in [1.82, 2.24) is 0 Å². The Balaban J connectivity index is 1.07. The molecule has 0 atom stereocenters. The maximum Gasteiger partial charge on any atom is 0.330 e. The van der Waals surface area contributed by atoms with Crippen LogP contribution in [0, 0.1) is 13.8 Å². The van der Waals surface area contributed by atoms with Gasteiger partial charge in [0.1, 0.15) is 0 Å². The van der Waals surface area contributed by atoms with E-state index in [1.165, 1.54) is 23.3 Å². The molecule has 8 nitrogen and oxygen atoms in total. The standard InChI is InChI=1S/C58H64N2O6/c1-5-57(61)65-41-13-9-7-11-39-63-43-47-19-31-53(32-20-47)59(51-27-15-45(3)16-28-51)55-35-23-49(24-36-55)50-25-37-56(38-26-50)60(52-29-17-46(4)18-30-52)54-33-21-48(22-34-54)44-64-40-12-8-10-14-42-66-58(62)6-2/h5-6,15-38H,1-2,7-14,39-44H2,3-4H3. The van der Waals surface area contributed by atoms with E-state index in [2.05, 4.69) is 182 Å². The number of rotatable bonds is 27. The lowest BCUT2D eigenvalue weighted by Crippen LogP contribution is -2.10. The second kappa shape index (κ2) is 26.3. The van der Waals surface area contributed by atoms with Crippen LogP contribution < -0.4 is 9.80 Å². The van der Waals surface area contributed by atoms with E-state index < -0.39 is 0 Å². The molecule has 0 radical (unpaired) electrons. The van der Waals surface area contributed by atoms with Crippen LogP contribution in [0.1, 0.15) is 73.6 Å². The van der Waals surface area contributed by atoms with Crippen LogP contribution in [0.2, 0.25) is 0 Å². The minimum absolute atomic E-state index is 0.365. The first-order chi connectivity index (χ1) is 32.3. The van der Waals surface area contributed by atoms with E-state index in [1.807, 2.05) is 0 Å². The number of benzene rings is 6. The summed E-state index contributed by atoms with van der Waals surface area (Å²) in [6, 6.07) is 52.1. The predicted octanol–water partition coefficient (Wildman–Crippen LogP) is 14.5. The Labute approximate surface area is 392 Å². The van der Waals surface area contributed by atoms with Crippen molar-refractivity contribution in [3.05, 3.63) is 193 Å². The maximum absolute atomic E-state index is 11.2.